The monoisotopic (exact) mass is 291 g/mol. The highest BCUT2D eigenvalue weighted by atomic mass is 15.2. The molecule has 0 saturated heterocycles. The summed E-state index contributed by atoms with van der Waals surface area (Å²) in [5, 5.41) is 8.60. The average Bonchev–Trinajstić information content (AvgIpc) is 2.70. The Kier molecular flexibility index (Phi) is 3.57. The van der Waals surface area contributed by atoms with Crippen LogP contribution in [0, 0.1) is 6.92 Å². The molecule has 1 aliphatic rings. The van der Waals surface area contributed by atoms with Crippen molar-refractivity contribution in [2.24, 2.45) is 10.2 Å². The second kappa shape index (κ2) is 5.41. The Bertz CT molecular complexity index is 740. The predicted octanol–water partition coefficient (Wildman–Crippen LogP) is 5.35. The van der Waals surface area contributed by atoms with Crippen LogP contribution >= 0.6 is 0 Å². The molecule has 0 amide bonds. The lowest BCUT2D eigenvalue weighted by molar-refractivity contribution is 0.637. The van der Waals surface area contributed by atoms with E-state index in [2.05, 4.69) is 67.2 Å². The van der Waals surface area contributed by atoms with Crippen LogP contribution in [0.25, 0.3) is 0 Å². The number of likely N-dealkylation sites (N-methyl/N-ethyl adjacent to an activating group) is 1. The molecular weight excluding hydrogens is 270 g/mol. The van der Waals surface area contributed by atoms with Crippen LogP contribution in [-0.2, 0) is 5.41 Å². The van der Waals surface area contributed by atoms with Crippen molar-refractivity contribution in [1.29, 1.82) is 0 Å². The molecule has 22 heavy (non-hydrogen) atoms. The molecule has 3 nitrogen and oxygen atoms in total. The average molecular weight is 291 g/mol. The van der Waals surface area contributed by atoms with Crippen LogP contribution in [-0.4, -0.2) is 7.05 Å². The fourth-order valence-corrected chi connectivity index (χ4v) is 2.99. The first kappa shape index (κ1) is 14.5. The van der Waals surface area contributed by atoms with Crippen molar-refractivity contribution in [3.8, 4) is 0 Å². The molecule has 3 rings (SSSR count). The molecular formula is C19H21N3. The highest BCUT2D eigenvalue weighted by Crippen LogP contribution is 2.46. The first-order valence-corrected chi connectivity index (χ1v) is 7.51. The number of fused-ring (bicyclic) bond motifs is 1. The van der Waals surface area contributed by atoms with Gasteiger partial charge in [-0.05, 0) is 30.7 Å². The molecule has 0 N–H and O–H groups in total. The van der Waals surface area contributed by atoms with Crippen LogP contribution in [0.3, 0.4) is 0 Å². The Labute approximate surface area is 132 Å². The Balaban J connectivity index is 1.90. The van der Waals surface area contributed by atoms with Gasteiger partial charge in [0.15, 0.2) is 0 Å². The van der Waals surface area contributed by atoms with Gasteiger partial charge < -0.3 is 4.90 Å². The molecule has 1 heterocycles. The van der Waals surface area contributed by atoms with Gasteiger partial charge in [0.2, 0.25) is 0 Å². The molecule has 0 unspecified atom stereocenters. The number of anilines is 1. The van der Waals surface area contributed by atoms with E-state index in [1.165, 1.54) is 16.8 Å². The molecule has 0 fully saturated rings. The number of rotatable bonds is 2. The standard InChI is InChI=1S/C19H21N3/c1-14-9-11-15(12-10-14)21-20-13-18-19(2,3)16-7-5-6-8-17(16)22(18)4/h5-13H,1-4H3/b18-13+,21-20?. The third kappa shape index (κ3) is 2.43. The minimum Gasteiger partial charge on any atom is -0.346 e. The Morgan fingerprint density at radius 3 is 2.36 bits per heavy atom. The molecule has 0 bridgehead atoms. The summed E-state index contributed by atoms with van der Waals surface area (Å²) in [6.45, 7) is 6.52. The van der Waals surface area contributed by atoms with E-state index in [9.17, 15) is 0 Å². The lowest BCUT2D eigenvalue weighted by Gasteiger charge is -2.22. The summed E-state index contributed by atoms with van der Waals surface area (Å²) >= 11 is 0. The van der Waals surface area contributed by atoms with E-state index in [0.29, 0.717) is 0 Å². The lowest BCUT2D eigenvalue weighted by Crippen LogP contribution is -2.22. The van der Waals surface area contributed by atoms with Crippen LogP contribution in [0.5, 0.6) is 0 Å². The molecule has 2 aromatic carbocycles. The third-order valence-electron chi connectivity index (χ3n) is 4.33. The maximum Gasteiger partial charge on any atom is 0.0857 e. The van der Waals surface area contributed by atoms with Gasteiger partial charge in [0.25, 0.3) is 0 Å². The van der Waals surface area contributed by atoms with Crippen LogP contribution in [0.1, 0.15) is 25.0 Å². The summed E-state index contributed by atoms with van der Waals surface area (Å²) in [4.78, 5) is 2.20. The summed E-state index contributed by atoms with van der Waals surface area (Å²) in [6.07, 6.45) is 1.87. The van der Waals surface area contributed by atoms with Gasteiger partial charge in [-0.25, -0.2) is 0 Å². The minimum atomic E-state index is -0.0579. The Morgan fingerprint density at radius 2 is 1.68 bits per heavy atom. The topological polar surface area (TPSA) is 28.0 Å². The van der Waals surface area contributed by atoms with E-state index >= 15 is 0 Å². The summed E-state index contributed by atoms with van der Waals surface area (Å²) in [7, 11) is 2.08. The molecule has 0 atom stereocenters. The van der Waals surface area contributed by atoms with Crippen molar-refractivity contribution in [3.63, 3.8) is 0 Å². The van der Waals surface area contributed by atoms with Crippen molar-refractivity contribution < 1.29 is 0 Å². The minimum absolute atomic E-state index is 0.0579. The Hall–Kier alpha value is -2.42. The second-order valence-corrected chi connectivity index (χ2v) is 6.27. The summed E-state index contributed by atoms with van der Waals surface area (Å²) in [5.74, 6) is 0. The summed E-state index contributed by atoms with van der Waals surface area (Å²) in [5.41, 5.74) is 5.77. The van der Waals surface area contributed by atoms with Crippen LogP contribution in [0.2, 0.25) is 0 Å². The molecule has 0 aliphatic carbocycles. The van der Waals surface area contributed by atoms with Gasteiger partial charge in [-0.15, -0.1) is 0 Å². The Morgan fingerprint density at radius 1 is 1.00 bits per heavy atom. The highest BCUT2D eigenvalue weighted by Gasteiger charge is 2.38. The molecule has 0 radical (unpaired) electrons. The van der Waals surface area contributed by atoms with E-state index in [4.69, 9.17) is 0 Å². The quantitative estimate of drug-likeness (QED) is 0.686. The van der Waals surface area contributed by atoms with Crippen LogP contribution in [0.4, 0.5) is 11.4 Å². The second-order valence-electron chi connectivity index (χ2n) is 6.27. The van der Waals surface area contributed by atoms with Crippen molar-refractivity contribution in [2.45, 2.75) is 26.2 Å². The smallest absolute Gasteiger partial charge is 0.0857 e. The molecule has 3 heteroatoms. The first-order chi connectivity index (χ1) is 10.5. The normalized spacial score (nSPS) is 18.2. The highest BCUT2D eigenvalue weighted by molar-refractivity contribution is 5.69. The molecule has 1 aliphatic heterocycles. The number of hydrogen-bond donors (Lipinski definition) is 0. The number of azo groups is 1. The number of aryl methyl sites for hydroxylation is 1. The zero-order valence-electron chi connectivity index (χ0n) is 13.5. The molecule has 0 spiro atoms. The van der Waals surface area contributed by atoms with Gasteiger partial charge in [0.1, 0.15) is 0 Å². The number of nitrogens with zero attached hydrogens (tertiary/aromatic N) is 3. The number of benzene rings is 2. The fourth-order valence-electron chi connectivity index (χ4n) is 2.99. The maximum atomic E-state index is 4.30. The SMILES string of the molecule is Cc1ccc(N=N/C=C2/N(C)c3ccccc3C2(C)C)cc1. The predicted molar refractivity (Wildman–Crippen MR) is 91.6 cm³/mol. The fraction of sp³-hybridized carbons (Fsp3) is 0.263. The van der Waals surface area contributed by atoms with Gasteiger partial charge in [-0.3, -0.25) is 0 Å². The lowest BCUT2D eigenvalue weighted by atomic mass is 9.84. The van der Waals surface area contributed by atoms with E-state index in [0.717, 1.165) is 11.4 Å². The van der Waals surface area contributed by atoms with Crippen molar-refractivity contribution in [3.05, 3.63) is 71.6 Å². The molecule has 2 aromatic rings. The van der Waals surface area contributed by atoms with Crippen molar-refractivity contribution in [1.82, 2.24) is 0 Å². The van der Waals surface area contributed by atoms with Crippen LogP contribution in [0.15, 0.2) is 70.7 Å². The van der Waals surface area contributed by atoms with Gasteiger partial charge in [0, 0.05) is 23.8 Å². The number of allylic oxidation sites excluding steroid dienone is 1. The molecule has 112 valence electrons. The van der Waals surface area contributed by atoms with Crippen molar-refractivity contribution in [2.75, 3.05) is 11.9 Å². The zero-order chi connectivity index (χ0) is 15.7. The van der Waals surface area contributed by atoms with Gasteiger partial charge in [-0.2, -0.15) is 10.2 Å². The molecule has 0 saturated carbocycles. The van der Waals surface area contributed by atoms with Gasteiger partial charge in [0.05, 0.1) is 11.9 Å². The van der Waals surface area contributed by atoms with Crippen molar-refractivity contribution >= 4 is 11.4 Å². The summed E-state index contributed by atoms with van der Waals surface area (Å²) in [6, 6.07) is 16.5. The van der Waals surface area contributed by atoms with E-state index in [-0.39, 0.29) is 5.41 Å². The largest absolute Gasteiger partial charge is 0.346 e. The maximum absolute atomic E-state index is 4.30. The first-order valence-electron chi connectivity index (χ1n) is 7.51. The number of para-hydroxylation sites is 1. The third-order valence-corrected chi connectivity index (χ3v) is 4.33. The van der Waals surface area contributed by atoms with Crippen LogP contribution < -0.4 is 4.90 Å². The molecule has 0 aromatic heterocycles. The zero-order valence-corrected chi connectivity index (χ0v) is 13.5. The van der Waals surface area contributed by atoms with E-state index in [1.54, 1.807) is 0 Å². The van der Waals surface area contributed by atoms with E-state index < -0.39 is 0 Å². The van der Waals surface area contributed by atoms with Gasteiger partial charge in [-0.1, -0.05) is 49.7 Å². The van der Waals surface area contributed by atoms with E-state index in [1.807, 2.05) is 30.5 Å². The number of hydrogen-bond acceptors (Lipinski definition) is 3. The summed E-state index contributed by atoms with van der Waals surface area (Å²) < 4.78 is 0. The van der Waals surface area contributed by atoms with Gasteiger partial charge >= 0.3 is 0 Å².